The van der Waals surface area contributed by atoms with E-state index in [1.807, 2.05) is 0 Å². The molecular weight excluding hydrogens is 295 g/mol. The minimum atomic E-state index is -4.26. The van der Waals surface area contributed by atoms with Gasteiger partial charge in [0.05, 0.1) is 12.5 Å². The average molecular weight is 315 g/mol. The van der Waals surface area contributed by atoms with Crippen molar-refractivity contribution < 1.29 is 22.7 Å². The van der Waals surface area contributed by atoms with E-state index in [1.165, 1.54) is 0 Å². The van der Waals surface area contributed by atoms with E-state index < -0.39 is 24.0 Å². The van der Waals surface area contributed by atoms with Crippen molar-refractivity contribution in [2.75, 3.05) is 7.11 Å². The normalized spacial score (nSPS) is 22.4. The number of benzene rings is 1. The van der Waals surface area contributed by atoms with Crippen molar-refractivity contribution in [3.8, 4) is 0 Å². The number of methoxy groups -OCH3 is 1. The number of carbonyl (C=O) groups is 1. The van der Waals surface area contributed by atoms with Crippen molar-refractivity contribution in [2.24, 2.45) is 5.92 Å². The highest BCUT2D eigenvalue weighted by Crippen LogP contribution is 2.37. The first-order chi connectivity index (χ1) is 10.4. The maximum Gasteiger partial charge on any atom is 0.393 e. The minimum Gasteiger partial charge on any atom is -0.380 e. The van der Waals surface area contributed by atoms with Gasteiger partial charge in [-0.3, -0.25) is 4.79 Å². The Bertz CT molecular complexity index is 499. The Morgan fingerprint density at radius 1 is 1.23 bits per heavy atom. The predicted molar refractivity (Wildman–Crippen MR) is 76.4 cm³/mol. The lowest BCUT2D eigenvalue weighted by atomic mass is 9.84. The molecule has 0 aliphatic heterocycles. The monoisotopic (exact) mass is 315 g/mol. The third kappa shape index (κ3) is 4.22. The predicted octanol–water partition coefficient (Wildman–Crippen LogP) is 3.68. The molecule has 122 valence electrons. The van der Waals surface area contributed by atoms with Crippen molar-refractivity contribution >= 4 is 5.91 Å². The van der Waals surface area contributed by atoms with Crippen LogP contribution >= 0.6 is 0 Å². The van der Waals surface area contributed by atoms with Gasteiger partial charge in [0.2, 0.25) is 0 Å². The van der Waals surface area contributed by atoms with Gasteiger partial charge in [-0.1, -0.05) is 25.0 Å². The summed E-state index contributed by atoms with van der Waals surface area (Å²) in [6.45, 7) is 0.431. The molecule has 22 heavy (non-hydrogen) atoms. The topological polar surface area (TPSA) is 38.3 Å². The Hall–Kier alpha value is -1.56. The van der Waals surface area contributed by atoms with Crippen molar-refractivity contribution in [3.05, 3.63) is 35.4 Å². The molecule has 0 bridgehead atoms. The fourth-order valence-corrected chi connectivity index (χ4v) is 2.87. The number of nitrogens with one attached hydrogen (secondary N) is 1. The Labute approximate surface area is 127 Å². The highest BCUT2D eigenvalue weighted by atomic mass is 19.4. The molecule has 1 aromatic carbocycles. The summed E-state index contributed by atoms with van der Waals surface area (Å²) in [7, 11) is 1.57. The molecule has 1 aliphatic rings. The number of rotatable bonds is 4. The molecular formula is C16H20F3NO2. The fraction of sp³-hybridized carbons (Fsp3) is 0.562. The SMILES string of the molecule is COCc1ccc(C(=O)N[C@@H]2CCCC[C@H]2C(F)(F)F)cc1. The zero-order valence-corrected chi connectivity index (χ0v) is 12.5. The summed E-state index contributed by atoms with van der Waals surface area (Å²) in [5.41, 5.74) is 1.27. The summed E-state index contributed by atoms with van der Waals surface area (Å²) in [5.74, 6) is -1.90. The standard InChI is InChI=1S/C16H20F3NO2/c1-22-10-11-6-8-12(9-7-11)15(21)20-14-5-3-2-4-13(14)16(17,18)19/h6-9,13-14H,2-5,10H2,1H3,(H,20,21)/t13-,14-/m1/s1. The summed E-state index contributed by atoms with van der Waals surface area (Å²) in [4.78, 5) is 12.1. The number of ether oxygens (including phenoxy) is 1. The first-order valence-corrected chi connectivity index (χ1v) is 7.37. The van der Waals surface area contributed by atoms with Gasteiger partial charge < -0.3 is 10.1 Å². The lowest BCUT2D eigenvalue weighted by Gasteiger charge is -2.33. The maximum atomic E-state index is 13.0. The number of alkyl halides is 3. The third-order valence-electron chi connectivity index (χ3n) is 4.03. The van der Waals surface area contributed by atoms with Crippen LogP contribution in [0.1, 0.15) is 41.6 Å². The first kappa shape index (κ1) is 16.8. The molecule has 0 spiro atoms. The van der Waals surface area contributed by atoms with Crippen LogP contribution in [-0.4, -0.2) is 25.2 Å². The summed E-state index contributed by atoms with van der Waals surface area (Å²) in [6, 6.07) is 5.85. The van der Waals surface area contributed by atoms with E-state index in [2.05, 4.69) is 5.32 Å². The van der Waals surface area contributed by atoms with Crippen LogP contribution in [0.2, 0.25) is 0 Å². The van der Waals surface area contributed by atoms with Gasteiger partial charge in [-0.15, -0.1) is 0 Å². The molecule has 1 saturated carbocycles. The van der Waals surface area contributed by atoms with Crippen LogP contribution in [-0.2, 0) is 11.3 Å². The second-order valence-electron chi connectivity index (χ2n) is 5.64. The van der Waals surface area contributed by atoms with Crippen molar-refractivity contribution in [1.29, 1.82) is 0 Å². The third-order valence-corrected chi connectivity index (χ3v) is 4.03. The molecule has 1 amide bonds. The van der Waals surface area contributed by atoms with E-state index in [0.29, 0.717) is 31.4 Å². The van der Waals surface area contributed by atoms with Crippen LogP contribution < -0.4 is 5.32 Å². The Morgan fingerprint density at radius 2 is 1.86 bits per heavy atom. The van der Waals surface area contributed by atoms with Gasteiger partial charge in [0.15, 0.2) is 0 Å². The number of hydrogen-bond acceptors (Lipinski definition) is 2. The number of halogens is 3. The van der Waals surface area contributed by atoms with Crippen LogP contribution in [0, 0.1) is 5.92 Å². The second-order valence-corrected chi connectivity index (χ2v) is 5.64. The summed E-state index contributed by atoms with van der Waals surface area (Å²) in [5, 5.41) is 2.55. The maximum absolute atomic E-state index is 13.0. The van der Waals surface area contributed by atoms with Crippen LogP contribution in [0.5, 0.6) is 0 Å². The number of carbonyl (C=O) groups excluding carboxylic acids is 1. The lowest BCUT2D eigenvalue weighted by Crippen LogP contribution is -2.47. The zero-order chi connectivity index (χ0) is 16.2. The van der Waals surface area contributed by atoms with E-state index in [0.717, 1.165) is 5.56 Å². The van der Waals surface area contributed by atoms with Gasteiger partial charge in [0.1, 0.15) is 0 Å². The zero-order valence-electron chi connectivity index (χ0n) is 12.5. The molecule has 1 aliphatic carbocycles. The van der Waals surface area contributed by atoms with Gasteiger partial charge in [-0.25, -0.2) is 0 Å². The van der Waals surface area contributed by atoms with Crippen molar-refractivity contribution in [2.45, 2.75) is 44.5 Å². The number of hydrogen-bond donors (Lipinski definition) is 1. The lowest BCUT2D eigenvalue weighted by molar-refractivity contribution is -0.187. The number of amides is 1. The van der Waals surface area contributed by atoms with Crippen LogP contribution in [0.25, 0.3) is 0 Å². The van der Waals surface area contributed by atoms with Gasteiger partial charge in [-0.2, -0.15) is 13.2 Å². The fourth-order valence-electron chi connectivity index (χ4n) is 2.87. The molecule has 0 radical (unpaired) electrons. The highest BCUT2D eigenvalue weighted by Gasteiger charge is 2.45. The van der Waals surface area contributed by atoms with E-state index >= 15 is 0 Å². The van der Waals surface area contributed by atoms with Crippen molar-refractivity contribution in [3.63, 3.8) is 0 Å². The Balaban J connectivity index is 2.03. The molecule has 1 aromatic rings. The summed E-state index contributed by atoms with van der Waals surface area (Å²) >= 11 is 0. The molecule has 0 heterocycles. The van der Waals surface area contributed by atoms with E-state index in [9.17, 15) is 18.0 Å². The molecule has 2 rings (SSSR count). The average Bonchev–Trinajstić information content (AvgIpc) is 2.48. The molecule has 2 atom stereocenters. The molecule has 0 saturated heterocycles. The van der Waals surface area contributed by atoms with E-state index in [-0.39, 0.29) is 6.42 Å². The largest absolute Gasteiger partial charge is 0.393 e. The second kappa shape index (κ2) is 7.13. The quantitative estimate of drug-likeness (QED) is 0.920. The van der Waals surface area contributed by atoms with Crippen LogP contribution in [0.3, 0.4) is 0 Å². The molecule has 1 fully saturated rings. The molecule has 3 nitrogen and oxygen atoms in total. The van der Waals surface area contributed by atoms with Gasteiger partial charge in [0.25, 0.3) is 5.91 Å². The van der Waals surface area contributed by atoms with Gasteiger partial charge in [-0.05, 0) is 30.5 Å². The summed E-state index contributed by atoms with van der Waals surface area (Å²) < 4.78 is 44.0. The minimum absolute atomic E-state index is 0.0845. The van der Waals surface area contributed by atoms with E-state index in [1.54, 1.807) is 31.4 Å². The van der Waals surface area contributed by atoms with Gasteiger partial charge in [0, 0.05) is 18.7 Å². The van der Waals surface area contributed by atoms with Gasteiger partial charge >= 0.3 is 6.18 Å². The summed E-state index contributed by atoms with van der Waals surface area (Å²) in [6.07, 6.45) is -2.54. The Kier molecular flexibility index (Phi) is 5.45. The molecule has 6 heteroatoms. The smallest absolute Gasteiger partial charge is 0.380 e. The van der Waals surface area contributed by atoms with E-state index in [4.69, 9.17) is 4.74 Å². The van der Waals surface area contributed by atoms with Crippen LogP contribution in [0.15, 0.2) is 24.3 Å². The van der Waals surface area contributed by atoms with Crippen molar-refractivity contribution in [1.82, 2.24) is 5.32 Å². The van der Waals surface area contributed by atoms with Crippen LogP contribution in [0.4, 0.5) is 13.2 Å². The first-order valence-electron chi connectivity index (χ1n) is 7.37. The molecule has 0 unspecified atom stereocenters. The highest BCUT2D eigenvalue weighted by molar-refractivity contribution is 5.94. The molecule has 1 N–H and O–H groups in total. The Morgan fingerprint density at radius 3 is 2.45 bits per heavy atom. The molecule has 0 aromatic heterocycles.